The summed E-state index contributed by atoms with van der Waals surface area (Å²) >= 11 is 1.62. The summed E-state index contributed by atoms with van der Waals surface area (Å²) < 4.78 is 0. The van der Waals surface area contributed by atoms with Crippen LogP contribution in [0.25, 0.3) is 0 Å². The first-order valence-electron chi connectivity index (χ1n) is 5.23. The van der Waals surface area contributed by atoms with Crippen LogP contribution in [0.15, 0.2) is 5.38 Å². The molecule has 0 saturated heterocycles. The van der Waals surface area contributed by atoms with Crippen LogP contribution in [0.1, 0.15) is 37.4 Å². The van der Waals surface area contributed by atoms with Gasteiger partial charge in [-0.2, -0.15) is 0 Å². The number of aromatic nitrogens is 1. The molecule has 0 radical (unpaired) electrons. The molecule has 1 aromatic rings. The molecule has 3 heteroatoms. The van der Waals surface area contributed by atoms with Crippen LogP contribution in [0.5, 0.6) is 0 Å². The van der Waals surface area contributed by atoms with Crippen LogP contribution in [0.4, 0.5) is 0 Å². The highest BCUT2D eigenvalue weighted by atomic mass is 32.1. The van der Waals surface area contributed by atoms with Crippen LogP contribution < -0.4 is 0 Å². The number of hydrogen-bond donors (Lipinski definition) is 1. The van der Waals surface area contributed by atoms with Crippen molar-refractivity contribution in [2.24, 2.45) is 11.8 Å². The van der Waals surface area contributed by atoms with Gasteiger partial charge in [-0.1, -0.05) is 13.8 Å². The summed E-state index contributed by atoms with van der Waals surface area (Å²) in [5.74, 6) is 1.08. The molecule has 3 unspecified atom stereocenters. The van der Waals surface area contributed by atoms with Gasteiger partial charge in [0.25, 0.3) is 0 Å². The van der Waals surface area contributed by atoms with Gasteiger partial charge in [-0.15, -0.1) is 11.3 Å². The summed E-state index contributed by atoms with van der Waals surface area (Å²) in [4.78, 5) is 4.42. The molecule has 0 aliphatic heterocycles. The lowest BCUT2D eigenvalue weighted by Gasteiger charge is -2.25. The lowest BCUT2D eigenvalue weighted by atomic mass is 9.90. The number of hydrogen-bond acceptors (Lipinski definition) is 3. The van der Waals surface area contributed by atoms with Gasteiger partial charge in [0.1, 0.15) is 5.60 Å². The molecular weight excluding hydrogens is 194 g/mol. The second kappa shape index (κ2) is 3.31. The molecule has 3 atom stereocenters. The molecule has 1 heterocycles. The Labute approximate surface area is 89.0 Å². The van der Waals surface area contributed by atoms with E-state index in [1.807, 2.05) is 19.2 Å². The molecule has 1 saturated carbocycles. The Kier molecular flexibility index (Phi) is 2.40. The maximum atomic E-state index is 10.6. The zero-order valence-corrected chi connectivity index (χ0v) is 9.77. The van der Waals surface area contributed by atoms with E-state index < -0.39 is 5.60 Å². The van der Waals surface area contributed by atoms with Crippen molar-refractivity contribution in [2.75, 3.05) is 0 Å². The van der Waals surface area contributed by atoms with E-state index in [-0.39, 0.29) is 0 Å². The Hall–Kier alpha value is -0.410. The smallest absolute Gasteiger partial charge is 0.110 e. The topological polar surface area (TPSA) is 33.1 Å². The summed E-state index contributed by atoms with van der Waals surface area (Å²) in [7, 11) is 0. The molecule has 0 spiro atoms. The molecule has 0 aromatic carbocycles. The lowest BCUT2D eigenvalue weighted by Crippen LogP contribution is -2.28. The molecule has 1 fully saturated rings. The highest BCUT2D eigenvalue weighted by molar-refractivity contribution is 7.09. The van der Waals surface area contributed by atoms with Crippen molar-refractivity contribution in [3.05, 3.63) is 16.1 Å². The van der Waals surface area contributed by atoms with Crippen molar-refractivity contribution in [2.45, 2.75) is 39.2 Å². The van der Waals surface area contributed by atoms with E-state index in [4.69, 9.17) is 0 Å². The van der Waals surface area contributed by atoms with Crippen LogP contribution in [0.2, 0.25) is 0 Å². The fourth-order valence-corrected chi connectivity index (χ4v) is 2.87. The van der Waals surface area contributed by atoms with Gasteiger partial charge in [-0.3, -0.25) is 0 Å². The summed E-state index contributed by atoms with van der Waals surface area (Å²) in [5, 5.41) is 13.6. The first-order valence-corrected chi connectivity index (χ1v) is 6.11. The summed E-state index contributed by atoms with van der Waals surface area (Å²) in [6.07, 6.45) is 1.91. The minimum absolute atomic E-state index is 0.425. The standard InChI is InChI=1S/C11H17NOS/c1-4-11(13,9-5-7(9)2)10-6-14-8(3)12-10/h6-7,9,13H,4-5H2,1-3H3. The largest absolute Gasteiger partial charge is 0.383 e. The van der Waals surface area contributed by atoms with E-state index in [2.05, 4.69) is 11.9 Å². The van der Waals surface area contributed by atoms with Gasteiger partial charge in [-0.05, 0) is 31.6 Å². The zero-order valence-electron chi connectivity index (χ0n) is 8.95. The SMILES string of the molecule is CCC(O)(c1csc(C)n1)C1CC1C. The maximum absolute atomic E-state index is 10.6. The van der Waals surface area contributed by atoms with Crippen LogP contribution in [0.3, 0.4) is 0 Å². The highest BCUT2D eigenvalue weighted by Crippen LogP contribution is 2.52. The number of thiazole rings is 1. The quantitative estimate of drug-likeness (QED) is 0.834. The molecule has 1 N–H and O–H groups in total. The highest BCUT2D eigenvalue weighted by Gasteiger charge is 2.50. The molecule has 0 bridgehead atoms. The predicted molar refractivity (Wildman–Crippen MR) is 58.3 cm³/mol. The Morgan fingerprint density at radius 3 is 2.71 bits per heavy atom. The number of aryl methyl sites for hydroxylation is 1. The molecule has 2 nitrogen and oxygen atoms in total. The van der Waals surface area contributed by atoms with Crippen molar-refractivity contribution in [1.29, 1.82) is 0 Å². The Balaban J connectivity index is 2.28. The van der Waals surface area contributed by atoms with Gasteiger partial charge in [0.15, 0.2) is 0 Å². The summed E-state index contributed by atoms with van der Waals surface area (Å²) in [6, 6.07) is 0. The van der Waals surface area contributed by atoms with E-state index in [1.165, 1.54) is 0 Å². The predicted octanol–water partition coefficient (Wildman–Crippen LogP) is 2.71. The molecule has 14 heavy (non-hydrogen) atoms. The lowest BCUT2D eigenvalue weighted by molar-refractivity contribution is 0.000657. The fourth-order valence-electron chi connectivity index (χ4n) is 2.18. The van der Waals surface area contributed by atoms with E-state index in [0.717, 1.165) is 23.5 Å². The van der Waals surface area contributed by atoms with Gasteiger partial charge < -0.3 is 5.11 Å². The number of nitrogens with zero attached hydrogens (tertiary/aromatic N) is 1. The van der Waals surface area contributed by atoms with Crippen molar-refractivity contribution >= 4 is 11.3 Å². The Morgan fingerprint density at radius 1 is 1.71 bits per heavy atom. The molecule has 1 aliphatic carbocycles. The minimum Gasteiger partial charge on any atom is -0.383 e. The van der Waals surface area contributed by atoms with Gasteiger partial charge in [0.05, 0.1) is 10.7 Å². The normalized spacial score (nSPS) is 30.0. The van der Waals surface area contributed by atoms with E-state index in [9.17, 15) is 5.11 Å². The summed E-state index contributed by atoms with van der Waals surface area (Å²) in [6.45, 7) is 6.23. The van der Waals surface area contributed by atoms with E-state index in [1.54, 1.807) is 11.3 Å². The van der Waals surface area contributed by atoms with Crippen LogP contribution >= 0.6 is 11.3 Å². The Bertz CT molecular complexity index is 336. The maximum Gasteiger partial charge on any atom is 0.110 e. The van der Waals surface area contributed by atoms with Crippen LogP contribution in [0, 0.1) is 18.8 Å². The first kappa shape index (κ1) is 10.1. The van der Waals surface area contributed by atoms with Crippen molar-refractivity contribution < 1.29 is 5.11 Å². The van der Waals surface area contributed by atoms with E-state index in [0.29, 0.717) is 11.8 Å². The van der Waals surface area contributed by atoms with Crippen molar-refractivity contribution in [3.63, 3.8) is 0 Å². The zero-order chi connectivity index (χ0) is 10.3. The van der Waals surface area contributed by atoms with Gasteiger partial charge in [0.2, 0.25) is 0 Å². The molecule has 0 amide bonds. The Morgan fingerprint density at radius 2 is 2.36 bits per heavy atom. The third kappa shape index (κ3) is 1.48. The average Bonchev–Trinajstić information content (AvgIpc) is 2.73. The third-order valence-corrected chi connectivity index (χ3v) is 4.10. The van der Waals surface area contributed by atoms with Gasteiger partial charge in [0, 0.05) is 5.38 Å². The van der Waals surface area contributed by atoms with Crippen LogP contribution in [-0.2, 0) is 5.60 Å². The van der Waals surface area contributed by atoms with Gasteiger partial charge in [-0.25, -0.2) is 4.98 Å². The first-order chi connectivity index (χ1) is 6.58. The molecule has 2 rings (SSSR count). The third-order valence-electron chi connectivity index (χ3n) is 3.32. The van der Waals surface area contributed by atoms with Gasteiger partial charge >= 0.3 is 0 Å². The fraction of sp³-hybridized carbons (Fsp3) is 0.727. The van der Waals surface area contributed by atoms with E-state index >= 15 is 0 Å². The van der Waals surface area contributed by atoms with Crippen LogP contribution in [-0.4, -0.2) is 10.1 Å². The number of aliphatic hydroxyl groups is 1. The molecule has 1 aliphatic rings. The van der Waals surface area contributed by atoms with Crippen molar-refractivity contribution in [1.82, 2.24) is 4.98 Å². The monoisotopic (exact) mass is 211 g/mol. The molecular formula is C11H17NOS. The minimum atomic E-state index is -0.663. The number of rotatable bonds is 3. The molecule has 1 aromatic heterocycles. The molecule has 78 valence electrons. The van der Waals surface area contributed by atoms with Crippen molar-refractivity contribution in [3.8, 4) is 0 Å². The second-order valence-corrected chi connectivity index (χ2v) is 5.41. The second-order valence-electron chi connectivity index (χ2n) is 4.35. The average molecular weight is 211 g/mol. The summed E-state index contributed by atoms with van der Waals surface area (Å²) in [5.41, 5.74) is 0.223.